The molecule has 0 spiro atoms. The van der Waals surface area contributed by atoms with Gasteiger partial charge in [0.25, 0.3) is 0 Å². The predicted octanol–water partition coefficient (Wildman–Crippen LogP) is 1.39. The molecule has 19 heavy (non-hydrogen) atoms. The van der Waals surface area contributed by atoms with Gasteiger partial charge in [0.15, 0.2) is 0 Å². The summed E-state index contributed by atoms with van der Waals surface area (Å²) in [5, 5.41) is 4.23. The maximum absolute atomic E-state index is 6.00. The summed E-state index contributed by atoms with van der Waals surface area (Å²) in [7, 11) is 0. The Morgan fingerprint density at radius 1 is 1.26 bits per heavy atom. The molecule has 5 N–H and O–H groups in total. The Bertz CT molecular complexity index is 396. The topological polar surface area (TPSA) is 79.7 Å². The molecule has 104 valence electrons. The fourth-order valence-electron chi connectivity index (χ4n) is 2.39. The fraction of sp³-hybridized carbons (Fsp3) is 0.500. The number of hydrazone groups is 1. The molecule has 2 rings (SSSR count). The Morgan fingerprint density at radius 2 is 1.95 bits per heavy atom. The minimum atomic E-state index is 0.565. The molecule has 1 aromatic rings. The van der Waals surface area contributed by atoms with Gasteiger partial charge in [-0.1, -0.05) is 18.2 Å². The van der Waals surface area contributed by atoms with E-state index >= 15 is 0 Å². The van der Waals surface area contributed by atoms with E-state index in [2.05, 4.69) is 15.4 Å². The van der Waals surface area contributed by atoms with Crippen LogP contribution in [0, 0.1) is 5.92 Å². The van der Waals surface area contributed by atoms with Crippen molar-refractivity contribution >= 4 is 11.6 Å². The molecule has 1 heterocycles. The molecule has 1 aromatic carbocycles. The molecule has 0 bridgehead atoms. The maximum atomic E-state index is 6.00. The number of guanidine groups is 1. The van der Waals surface area contributed by atoms with Crippen LogP contribution in [-0.2, 0) is 0 Å². The van der Waals surface area contributed by atoms with Crippen molar-refractivity contribution in [2.75, 3.05) is 25.1 Å². The third kappa shape index (κ3) is 4.13. The third-order valence-electron chi connectivity index (χ3n) is 3.59. The Balaban J connectivity index is 1.82. The van der Waals surface area contributed by atoms with Crippen molar-refractivity contribution in [3.05, 3.63) is 30.3 Å². The van der Waals surface area contributed by atoms with Gasteiger partial charge >= 0.3 is 0 Å². The van der Waals surface area contributed by atoms with Gasteiger partial charge in [-0.05, 0) is 43.9 Å². The Labute approximate surface area is 114 Å². The summed E-state index contributed by atoms with van der Waals surface area (Å²) in [6.45, 7) is 2.72. The quantitative estimate of drug-likeness (QED) is 0.435. The van der Waals surface area contributed by atoms with E-state index in [0.717, 1.165) is 50.5 Å². The number of hydrogen-bond acceptors (Lipinski definition) is 3. The smallest absolute Gasteiger partial charge is 0.214 e. The van der Waals surface area contributed by atoms with Gasteiger partial charge < -0.3 is 16.4 Å². The minimum Gasteiger partial charge on any atom is -0.368 e. The van der Waals surface area contributed by atoms with Gasteiger partial charge in [0.2, 0.25) is 5.96 Å². The van der Waals surface area contributed by atoms with Gasteiger partial charge in [0.1, 0.15) is 0 Å². The van der Waals surface area contributed by atoms with Crippen LogP contribution in [0.3, 0.4) is 0 Å². The highest BCUT2D eigenvalue weighted by Gasteiger charge is 2.19. The van der Waals surface area contributed by atoms with Crippen molar-refractivity contribution in [3.8, 4) is 0 Å². The van der Waals surface area contributed by atoms with Crippen LogP contribution in [0.4, 0.5) is 5.69 Å². The number of hydrogen-bond donors (Lipinski definition) is 3. The monoisotopic (exact) mass is 261 g/mol. The highest BCUT2D eigenvalue weighted by Crippen LogP contribution is 2.19. The number of nitrogens with two attached hydrogens (primary N) is 2. The van der Waals surface area contributed by atoms with Gasteiger partial charge in [-0.25, -0.2) is 0 Å². The lowest BCUT2D eigenvalue weighted by molar-refractivity contribution is 0.256. The van der Waals surface area contributed by atoms with Crippen LogP contribution in [0.5, 0.6) is 0 Å². The molecule has 0 atom stereocenters. The molecule has 5 heteroatoms. The summed E-state index contributed by atoms with van der Waals surface area (Å²) in [6.07, 6.45) is 3.42. The number of anilines is 1. The van der Waals surface area contributed by atoms with Crippen LogP contribution >= 0.6 is 0 Å². The highest BCUT2D eigenvalue weighted by molar-refractivity contribution is 5.79. The lowest BCUT2D eigenvalue weighted by atomic mass is 9.94. The summed E-state index contributed by atoms with van der Waals surface area (Å²) in [5.41, 5.74) is 15.5. The number of likely N-dealkylation sites (tertiary alicyclic amines) is 1. The van der Waals surface area contributed by atoms with Crippen LogP contribution in [-0.4, -0.2) is 30.5 Å². The van der Waals surface area contributed by atoms with Crippen LogP contribution < -0.4 is 16.9 Å². The number of benzene rings is 1. The lowest BCUT2D eigenvalue weighted by Crippen LogP contribution is -2.43. The van der Waals surface area contributed by atoms with Crippen LogP contribution in [0.1, 0.15) is 19.3 Å². The molecule has 1 aliphatic rings. The normalized spacial score (nSPS) is 17.5. The highest BCUT2D eigenvalue weighted by atomic mass is 15.4. The zero-order valence-corrected chi connectivity index (χ0v) is 11.3. The van der Waals surface area contributed by atoms with E-state index in [1.807, 2.05) is 30.3 Å². The molecule has 0 aromatic heterocycles. The number of rotatable bonds is 4. The first-order valence-corrected chi connectivity index (χ1v) is 6.89. The SMILES string of the molecule is NCCC1CCN(/C(N)=N/Nc2ccccc2)CC1. The molecule has 0 radical (unpaired) electrons. The molecule has 0 unspecified atom stereocenters. The summed E-state index contributed by atoms with van der Waals surface area (Å²) < 4.78 is 0. The van der Waals surface area contributed by atoms with Crippen molar-refractivity contribution in [1.29, 1.82) is 0 Å². The molecule has 0 aliphatic carbocycles. The van der Waals surface area contributed by atoms with Gasteiger partial charge in [-0.15, -0.1) is 5.10 Å². The molecule has 0 amide bonds. The minimum absolute atomic E-state index is 0.565. The van der Waals surface area contributed by atoms with Gasteiger partial charge in [0.05, 0.1) is 5.69 Å². The van der Waals surface area contributed by atoms with E-state index in [0.29, 0.717) is 5.96 Å². The van der Waals surface area contributed by atoms with Gasteiger partial charge in [-0.2, -0.15) is 0 Å². The molecule has 1 fully saturated rings. The van der Waals surface area contributed by atoms with Crippen molar-refractivity contribution in [2.45, 2.75) is 19.3 Å². The van der Waals surface area contributed by atoms with Crippen LogP contribution in [0.25, 0.3) is 0 Å². The number of para-hydroxylation sites is 1. The summed E-state index contributed by atoms with van der Waals surface area (Å²) in [4.78, 5) is 2.13. The van der Waals surface area contributed by atoms with E-state index in [4.69, 9.17) is 11.5 Å². The molecule has 1 aliphatic heterocycles. The number of nitrogens with zero attached hydrogens (tertiary/aromatic N) is 2. The Hall–Kier alpha value is -1.75. The van der Waals surface area contributed by atoms with E-state index in [1.54, 1.807) is 0 Å². The molecular weight excluding hydrogens is 238 g/mol. The molecule has 1 saturated heterocycles. The van der Waals surface area contributed by atoms with Crippen molar-refractivity contribution in [2.24, 2.45) is 22.5 Å². The van der Waals surface area contributed by atoms with E-state index in [-0.39, 0.29) is 0 Å². The van der Waals surface area contributed by atoms with E-state index in [9.17, 15) is 0 Å². The first-order valence-electron chi connectivity index (χ1n) is 6.89. The second-order valence-corrected chi connectivity index (χ2v) is 4.96. The maximum Gasteiger partial charge on any atom is 0.214 e. The summed E-state index contributed by atoms with van der Waals surface area (Å²) in [5.74, 6) is 1.31. The lowest BCUT2D eigenvalue weighted by Gasteiger charge is -2.32. The van der Waals surface area contributed by atoms with Crippen LogP contribution in [0.2, 0.25) is 0 Å². The number of piperidine rings is 1. The van der Waals surface area contributed by atoms with E-state index < -0.39 is 0 Å². The molecule has 0 saturated carbocycles. The fourth-order valence-corrected chi connectivity index (χ4v) is 2.39. The Kier molecular flexibility index (Phi) is 5.03. The Morgan fingerprint density at radius 3 is 2.58 bits per heavy atom. The largest absolute Gasteiger partial charge is 0.368 e. The first-order chi connectivity index (χ1) is 9.29. The van der Waals surface area contributed by atoms with Crippen molar-refractivity contribution in [3.63, 3.8) is 0 Å². The van der Waals surface area contributed by atoms with Gasteiger partial charge in [-0.3, -0.25) is 5.43 Å². The molecule has 5 nitrogen and oxygen atoms in total. The summed E-state index contributed by atoms with van der Waals surface area (Å²) in [6, 6.07) is 9.83. The second-order valence-electron chi connectivity index (χ2n) is 4.96. The van der Waals surface area contributed by atoms with E-state index in [1.165, 1.54) is 0 Å². The number of nitrogens with one attached hydrogen (secondary N) is 1. The average Bonchev–Trinajstić information content (AvgIpc) is 2.47. The zero-order valence-electron chi connectivity index (χ0n) is 11.3. The third-order valence-corrected chi connectivity index (χ3v) is 3.59. The second kappa shape index (κ2) is 6.99. The average molecular weight is 261 g/mol. The summed E-state index contributed by atoms with van der Waals surface area (Å²) >= 11 is 0. The molecular formula is C14H23N5. The predicted molar refractivity (Wildman–Crippen MR) is 79.7 cm³/mol. The standard InChI is InChI=1S/C14H23N5/c15-9-6-12-7-10-19(11-8-12)14(16)18-17-13-4-2-1-3-5-13/h1-5,12,17H,6-11,15H2,(H2,16,18). The zero-order chi connectivity index (χ0) is 13.5. The van der Waals surface area contributed by atoms with Crippen molar-refractivity contribution < 1.29 is 0 Å². The van der Waals surface area contributed by atoms with Gasteiger partial charge in [0, 0.05) is 13.1 Å². The van der Waals surface area contributed by atoms with Crippen LogP contribution in [0.15, 0.2) is 35.4 Å². The first kappa shape index (κ1) is 13.7. The van der Waals surface area contributed by atoms with Crippen molar-refractivity contribution in [1.82, 2.24) is 4.90 Å².